The van der Waals surface area contributed by atoms with Crippen molar-refractivity contribution in [3.63, 3.8) is 0 Å². The van der Waals surface area contributed by atoms with Crippen LogP contribution in [0.1, 0.15) is 5.69 Å². The van der Waals surface area contributed by atoms with Gasteiger partial charge in [-0.2, -0.15) is 0 Å². The summed E-state index contributed by atoms with van der Waals surface area (Å²) in [4.78, 5) is 4.04. The Morgan fingerprint density at radius 3 is 2.90 bits per heavy atom. The van der Waals surface area contributed by atoms with Crippen molar-refractivity contribution in [2.75, 3.05) is 0 Å². The number of pyridine rings is 1. The summed E-state index contributed by atoms with van der Waals surface area (Å²) in [6, 6.07) is 1.86. The van der Waals surface area contributed by atoms with E-state index in [0.717, 1.165) is 11.2 Å². The Labute approximate surface area is 65.8 Å². The molecule has 1 aromatic heterocycles. The smallest absolute Gasteiger partial charge is 0.141 e. The second-order valence-electron chi connectivity index (χ2n) is 2.12. The van der Waals surface area contributed by atoms with Crippen molar-refractivity contribution >= 4 is 24.9 Å². The molecule has 0 radical (unpaired) electrons. The summed E-state index contributed by atoms with van der Waals surface area (Å²) in [6.07, 6.45) is 1.61. The Balaban J connectivity index is 3.07. The summed E-state index contributed by atoms with van der Waals surface area (Å²) in [5.74, 6) is 0. The summed E-state index contributed by atoms with van der Waals surface area (Å²) in [7, 11) is 1.95. The van der Waals surface area contributed by atoms with Crippen LogP contribution in [0.2, 0.25) is 5.02 Å². The molecule has 1 heterocycles. The molecule has 0 unspecified atom stereocenters. The molecular weight excluding hydrogens is 146 g/mol. The van der Waals surface area contributed by atoms with Gasteiger partial charge in [0.05, 0.1) is 5.02 Å². The second kappa shape index (κ2) is 3.04. The highest BCUT2D eigenvalue weighted by Gasteiger charge is 1.96. The van der Waals surface area contributed by atoms with Crippen LogP contribution in [0.15, 0.2) is 12.3 Å². The van der Waals surface area contributed by atoms with Gasteiger partial charge in [-0.1, -0.05) is 17.1 Å². The number of nitrogens with zero attached hydrogens (tertiary/aromatic N) is 1. The standard InChI is InChI=1S/C6H8BClN2/c7-5-1-4(8)3-10-6(5)2-9/h1,3H,2,7,9H2. The SMILES string of the molecule is Bc1cc(Cl)cnc1CN. The zero-order valence-corrected chi connectivity index (χ0v) is 6.52. The van der Waals surface area contributed by atoms with Crippen molar-refractivity contribution in [3.05, 3.63) is 23.0 Å². The van der Waals surface area contributed by atoms with Gasteiger partial charge in [-0.15, -0.1) is 0 Å². The molecule has 0 fully saturated rings. The number of hydrogen-bond donors (Lipinski definition) is 1. The van der Waals surface area contributed by atoms with E-state index in [0.29, 0.717) is 11.6 Å². The normalized spacial score (nSPS) is 9.80. The fraction of sp³-hybridized carbons (Fsp3) is 0.167. The molecule has 10 heavy (non-hydrogen) atoms. The third kappa shape index (κ3) is 1.49. The summed E-state index contributed by atoms with van der Waals surface area (Å²) in [5.41, 5.74) is 7.35. The van der Waals surface area contributed by atoms with Crippen LogP contribution in [0.5, 0.6) is 0 Å². The first-order valence-electron chi connectivity index (χ1n) is 3.05. The van der Waals surface area contributed by atoms with Crippen molar-refractivity contribution in [2.24, 2.45) is 5.73 Å². The van der Waals surface area contributed by atoms with E-state index in [-0.39, 0.29) is 0 Å². The molecule has 0 atom stereocenters. The lowest BCUT2D eigenvalue weighted by Gasteiger charge is -2.00. The minimum atomic E-state index is 0.475. The van der Waals surface area contributed by atoms with E-state index in [1.54, 1.807) is 6.20 Å². The van der Waals surface area contributed by atoms with E-state index in [2.05, 4.69) is 4.98 Å². The molecule has 0 aromatic carbocycles. The molecule has 1 aromatic rings. The average molecular weight is 154 g/mol. The van der Waals surface area contributed by atoms with Gasteiger partial charge >= 0.3 is 0 Å². The lowest BCUT2D eigenvalue weighted by atomic mass is 9.94. The topological polar surface area (TPSA) is 38.9 Å². The van der Waals surface area contributed by atoms with Crippen molar-refractivity contribution in [1.82, 2.24) is 4.98 Å². The predicted octanol–water partition coefficient (Wildman–Crippen LogP) is -0.548. The van der Waals surface area contributed by atoms with Gasteiger partial charge in [0.1, 0.15) is 7.85 Å². The van der Waals surface area contributed by atoms with Crippen LogP contribution >= 0.6 is 11.6 Å². The maximum atomic E-state index is 5.67. The lowest BCUT2D eigenvalue weighted by Crippen LogP contribution is -2.15. The minimum Gasteiger partial charge on any atom is -0.325 e. The van der Waals surface area contributed by atoms with Gasteiger partial charge < -0.3 is 5.73 Å². The van der Waals surface area contributed by atoms with Crippen LogP contribution in [0, 0.1) is 0 Å². The number of rotatable bonds is 1. The first-order valence-corrected chi connectivity index (χ1v) is 3.43. The third-order valence-corrected chi connectivity index (χ3v) is 1.55. The maximum Gasteiger partial charge on any atom is 0.141 e. The molecule has 0 bridgehead atoms. The Morgan fingerprint density at radius 1 is 1.70 bits per heavy atom. The zero-order valence-electron chi connectivity index (χ0n) is 5.76. The molecule has 0 amide bonds. The fourth-order valence-electron chi connectivity index (χ4n) is 0.782. The highest BCUT2D eigenvalue weighted by molar-refractivity contribution is 6.36. The van der Waals surface area contributed by atoms with E-state index in [9.17, 15) is 0 Å². The molecule has 0 saturated heterocycles. The Morgan fingerprint density at radius 2 is 2.40 bits per heavy atom. The Hall–Kier alpha value is -0.535. The van der Waals surface area contributed by atoms with Crippen molar-refractivity contribution < 1.29 is 0 Å². The highest BCUT2D eigenvalue weighted by atomic mass is 35.5. The highest BCUT2D eigenvalue weighted by Crippen LogP contribution is 2.02. The number of halogens is 1. The molecule has 4 heteroatoms. The minimum absolute atomic E-state index is 0.475. The third-order valence-electron chi connectivity index (χ3n) is 1.35. The van der Waals surface area contributed by atoms with Crippen molar-refractivity contribution in [2.45, 2.75) is 6.54 Å². The van der Waals surface area contributed by atoms with Gasteiger partial charge in [0.25, 0.3) is 0 Å². The van der Waals surface area contributed by atoms with Crippen LogP contribution in [-0.2, 0) is 6.54 Å². The lowest BCUT2D eigenvalue weighted by molar-refractivity contribution is 1.00. The van der Waals surface area contributed by atoms with Gasteiger partial charge in [-0.25, -0.2) is 0 Å². The Kier molecular flexibility index (Phi) is 2.30. The maximum absolute atomic E-state index is 5.67. The fourth-order valence-corrected chi connectivity index (χ4v) is 0.995. The van der Waals surface area contributed by atoms with Gasteiger partial charge in [0, 0.05) is 18.4 Å². The number of aromatic nitrogens is 1. The quantitative estimate of drug-likeness (QED) is 0.552. The molecule has 1 rings (SSSR count). The average Bonchev–Trinajstić information content (AvgIpc) is 1.88. The van der Waals surface area contributed by atoms with E-state index in [4.69, 9.17) is 17.3 Å². The number of nitrogens with two attached hydrogens (primary N) is 1. The van der Waals surface area contributed by atoms with E-state index in [1.807, 2.05) is 13.9 Å². The molecule has 52 valence electrons. The molecule has 2 N–H and O–H groups in total. The van der Waals surface area contributed by atoms with Gasteiger partial charge in [-0.3, -0.25) is 4.98 Å². The van der Waals surface area contributed by atoms with E-state index >= 15 is 0 Å². The molecule has 0 aliphatic rings. The predicted molar refractivity (Wildman–Crippen MR) is 45.3 cm³/mol. The molecule has 0 aliphatic carbocycles. The van der Waals surface area contributed by atoms with Gasteiger partial charge in [0.2, 0.25) is 0 Å². The van der Waals surface area contributed by atoms with Crippen molar-refractivity contribution in [1.29, 1.82) is 0 Å². The molecular formula is C6H8BClN2. The summed E-state index contributed by atoms with van der Waals surface area (Å²) < 4.78 is 0. The van der Waals surface area contributed by atoms with Crippen LogP contribution in [0.4, 0.5) is 0 Å². The van der Waals surface area contributed by atoms with Crippen LogP contribution in [0.3, 0.4) is 0 Å². The Bertz CT molecular complexity index is 239. The first-order chi connectivity index (χ1) is 4.74. The van der Waals surface area contributed by atoms with Crippen molar-refractivity contribution in [3.8, 4) is 0 Å². The van der Waals surface area contributed by atoms with E-state index < -0.39 is 0 Å². The largest absolute Gasteiger partial charge is 0.325 e. The summed E-state index contributed by atoms with van der Waals surface area (Å²) >= 11 is 5.67. The molecule has 0 saturated carbocycles. The molecule has 0 spiro atoms. The van der Waals surface area contributed by atoms with Crippen LogP contribution in [0.25, 0.3) is 0 Å². The number of hydrogen-bond acceptors (Lipinski definition) is 2. The monoisotopic (exact) mass is 154 g/mol. The van der Waals surface area contributed by atoms with Gasteiger partial charge in [0.15, 0.2) is 0 Å². The first kappa shape index (κ1) is 7.57. The molecule has 0 aliphatic heterocycles. The van der Waals surface area contributed by atoms with Gasteiger partial charge in [-0.05, 0) is 6.07 Å². The molecule has 2 nitrogen and oxygen atoms in total. The summed E-state index contributed by atoms with van der Waals surface area (Å²) in [6.45, 7) is 0.475. The van der Waals surface area contributed by atoms with E-state index in [1.165, 1.54) is 0 Å². The zero-order chi connectivity index (χ0) is 7.56. The van der Waals surface area contributed by atoms with Crippen LogP contribution < -0.4 is 11.2 Å². The second-order valence-corrected chi connectivity index (χ2v) is 2.56. The van der Waals surface area contributed by atoms with Crippen LogP contribution in [-0.4, -0.2) is 12.8 Å². The summed E-state index contributed by atoms with van der Waals surface area (Å²) in [5, 5.41) is 0.662.